The van der Waals surface area contributed by atoms with Crippen LogP contribution in [0, 0.1) is 23.4 Å². The molecule has 3 aromatic rings. The highest BCUT2D eigenvalue weighted by atomic mass is 19.1. The summed E-state index contributed by atoms with van der Waals surface area (Å²) in [4.78, 5) is 16.7. The van der Waals surface area contributed by atoms with Crippen LogP contribution in [0.3, 0.4) is 0 Å². The van der Waals surface area contributed by atoms with Crippen LogP contribution in [-0.4, -0.2) is 36.9 Å². The number of ketones is 1. The minimum absolute atomic E-state index is 0.0241. The molecular formula is C30H33F3N2O. The molecule has 0 aromatic heterocycles. The van der Waals surface area contributed by atoms with Crippen LogP contribution < -0.4 is 4.90 Å². The molecule has 0 radical (unpaired) electrons. The Morgan fingerprint density at radius 2 is 1.31 bits per heavy atom. The highest BCUT2D eigenvalue weighted by Gasteiger charge is 2.28. The molecule has 4 rings (SSSR count). The van der Waals surface area contributed by atoms with Gasteiger partial charge in [-0.25, -0.2) is 13.2 Å². The van der Waals surface area contributed by atoms with E-state index >= 15 is 4.39 Å². The monoisotopic (exact) mass is 494 g/mol. The van der Waals surface area contributed by atoms with Gasteiger partial charge in [-0.3, -0.25) is 9.69 Å². The number of carbonyl (C=O) groups excluding carboxylic acids is 1. The van der Waals surface area contributed by atoms with E-state index in [4.69, 9.17) is 0 Å². The van der Waals surface area contributed by atoms with Gasteiger partial charge in [0, 0.05) is 38.5 Å². The van der Waals surface area contributed by atoms with E-state index in [1.165, 1.54) is 30.3 Å². The SMILES string of the molecule is CCC(CC)C(=O)Cc1ccc(N2CCN(C(c3ccc(F)cc3)c3ccc(F)cc3)CC2)c(F)c1. The minimum Gasteiger partial charge on any atom is -0.367 e. The van der Waals surface area contributed by atoms with Crippen molar-refractivity contribution in [3.63, 3.8) is 0 Å². The van der Waals surface area contributed by atoms with Crippen molar-refractivity contribution in [3.05, 3.63) is 101 Å². The van der Waals surface area contributed by atoms with E-state index in [1.54, 1.807) is 30.3 Å². The fourth-order valence-corrected chi connectivity index (χ4v) is 5.13. The quantitative estimate of drug-likeness (QED) is 0.336. The van der Waals surface area contributed by atoms with Crippen molar-refractivity contribution in [2.75, 3.05) is 31.1 Å². The highest BCUT2D eigenvalue weighted by molar-refractivity contribution is 5.83. The zero-order valence-electron chi connectivity index (χ0n) is 20.9. The summed E-state index contributed by atoms with van der Waals surface area (Å²) in [6, 6.07) is 17.8. The van der Waals surface area contributed by atoms with Gasteiger partial charge >= 0.3 is 0 Å². The molecule has 0 atom stereocenters. The largest absolute Gasteiger partial charge is 0.367 e. The third-order valence-corrected chi connectivity index (χ3v) is 7.22. The lowest BCUT2D eigenvalue weighted by Crippen LogP contribution is -2.48. The number of hydrogen-bond acceptors (Lipinski definition) is 3. The number of nitrogens with zero attached hydrogens (tertiary/aromatic N) is 2. The molecule has 0 aliphatic carbocycles. The predicted molar refractivity (Wildman–Crippen MR) is 138 cm³/mol. The summed E-state index contributed by atoms with van der Waals surface area (Å²) in [5.41, 5.74) is 3.09. The lowest BCUT2D eigenvalue weighted by atomic mass is 9.93. The molecule has 0 saturated carbocycles. The standard InChI is InChI=1S/C30H33F3N2O/c1-3-22(4-2)29(36)20-21-5-14-28(27(33)19-21)34-15-17-35(18-16-34)30(23-6-10-25(31)11-7-23)24-8-12-26(32)13-9-24/h5-14,19,22,30H,3-4,15-18,20H2,1-2H3. The van der Waals surface area contributed by atoms with Crippen LogP contribution in [0.15, 0.2) is 66.7 Å². The van der Waals surface area contributed by atoms with E-state index < -0.39 is 0 Å². The molecule has 1 heterocycles. The topological polar surface area (TPSA) is 23.6 Å². The molecule has 36 heavy (non-hydrogen) atoms. The van der Waals surface area contributed by atoms with Gasteiger partial charge in [0.15, 0.2) is 0 Å². The smallest absolute Gasteiger partial charge is 0.146 e. The molecule has 1 saturated heterocycles. The molecule has 1 fully saturated rings. The van der Waals surface area contributed by atoms with Gasteiger partial charge in [0.25, 0.3) is 0 Å². The summed E-state index contributed by atoms with van der Waals surface area (Å²) in [7, 11) is 0. The number of benzene rings is 3. The molecule has 6 heteroatoms. The summed E-state index contributed by atoms with van der Waals surface area (Å²) in [5.74, 6) is -0.736. The molecule has 0 unspecified atom stereocenters. The number of Topliss-reactive ketones (excluding diaryl/α,β-unsaturated/α-hetero) is 1. The lowest BCUT2D eigenvalue weighted by molar-refractivity contribution is -0.122. The van der Waals surface area contributed by atoms with E-state index in [0.29, 0.717) is 37.4 Å². The maximum atomic E-state index is 15.1. The third-order valence-electron chi connectivity index (χ3n) is 7.22. The summed E-state index contributed by atoms with van der Waals surface area (Å²) >= 11 is 0. The van der Waals surface area contributed by atoms with Crippen LogP contribution in [0.2, 0.25) is 0 Å². The van der Waals surface area contributed by atoms with E-state index in [-0.39, 0.29) is 41.6 Å². The first kappa shape index (κ1) is 26.0. The van der Waals surface area contributed by atoms with Crippen LogP contribution in [0.25, 0.3) is 0 Å². The maximum Gasteiger partial charge on any atom is 0.146 e. The molecule has 0 spiro atoms. The van der Waals surface area contributed by atoms with Gasteiger partial charge in [-0.05, 0) is 65.9 Å². The second-order valence-electron chi connectivity index (χ2n) is 9.47. The van der Waals surface area contributed by atoms with Gasteiger partial charge in [-0.1, -0.05) is 44.2 Å². The first-order valence-corrected chi connectivity index (χ1v) is 12.7. The van der Waals surface area contributed by atoms with Crippen LogP contribution in [0.5, 0.6) is 0 Å². The van der Waals surface area contributed by atoms with Crippen molar-refractivity contribution in [1.82, 2.24) is 4.90 Å². The highest BCUT2D eigenvalue weighted by Crippen LogP contribution is 2.31. The van der Waals surface area contributed by atoms with Crippen molar-refractivity contribution in [3.8, 4) is 0 Å². The van der Waals surface area contributed by atoms with Crippen molar-refractivity contribution in [2.45, 2.75) is 39.2 Å². The molecule has 3 nitrogen and oxygen atoms in total. The Labute approximate surface area is 211 Å². The molecule has 0 bridgehead atoms. The van der Waals surface area contributed by atoms with Gasteiger partial charge in [0.1, 0.15) is 23.2 Å². The number of anilines is 1. The average Bonchev–Trinajstić information content (AvgIpc) is 2.88. The van der Waals surface area contributed by atoms with E-state index in [2.05, 4.69) is 4.90 Å². The second-order valence-corrected chi connectivity index (χ2v) is 9.47. The Bertz CT molecular complexity index is 1110. The van der Waals surface area contributed by atoms with Gasteiger partial charge in [0.05, 0.1) is 11.7 Å². The minimum atomic E-state index is -0.313. The van der Waals surface area contributed by atoms with Crippen LogP contribution in [-0.2, 0) is 11.2 Å². The first-order chi connectivity index (χ1) is 17.4. The molecular weight excluding hydrogens is 461 g/mol. The van der Waals surface area contributed by atoms with Crippen LogP contribution in [0.4, 0.5) is 18.9 Å². The summed E-state index contributed by atoms with van der Waals surface area (Å²) in [6.45, 7) is 6.56. The van der Waals surface area contributed by atoms with Crippen molar-refractivity contribution >= 4 is 11.5 Å². The zero-order valence-corrected chi connectivity index (χ0v) is 20.9. The molecule has 0 N–H and O–H groups in total. The number of hydrogen-bond donors (Lipinski definition) is 0. The number of carbonyl (C=O) groups is 1. The summed E-state index contributed by atoms with van der Waals surface area (Å²) < 4.78 is 42.2. The Morgan fingerprint density at radius 3 is 1.78 bits per heavy atom. The number of halogens is 3. The third kappa shape index (κ3) is 5.98. The Kier molecular flexibility index (Phi) is 8.47. The lowest BCUT2D eigenvalue weighted by Gasteiger charge is -2.40. The normalized spacial score (nSPS) is 14.6. The van der Waals surface area contributed by atoms with Gasteiger partial charge in [-0.15, -0.1) is 0 Å². The number of piperazine rings is 1. The molecule has 1 aliphatic heterocycles. The van der Waals surface area contributed by atoms with Gasteiger partial charge < -0.3 is 4.90 Å². The maximum absolute atomic E-state index is 15.1. The molecule has 3 aromatic carbocycles. The van der Waals surface area contributed by atoms with Crippen molar-refractivity contribution in [1.29, 1.82) is 0 Å². The van der Waals surface area contributed by atoms with Gasteiger partial charge in [0.2, 0.25) is 0 Å². The Hall–Kier alpha value is -3.12. The molecule has 1 aliphatic rings. The van der Waals surface area contributed by atoms with E-state index in [0.717, 1.165) is 24.0 Å². The zero-order chi connectivity index (χ0) is 25.7. The molecule has 190 valence electrons. The fourth-order valence-electron chi connectivity index (χ4n) is 5.13. The van der Waals surface area contributed by atoms with E-state index in [1.807, 2.05) is 24.8 Å². The average molecular weight is 495 g/mol. The summed E-state index contributed by atoms with van der Waals surface area (Å²) in [6.07, 6.45) is 1.86. The van der Waals surface area contributed by atoms with E-state index in [9.17, 15) is 13.6 Å². The first-order valence-electron chi connectivity index (χ1n) is 12.7. The number of rotatable bonds is 9. The predicted octanol–water partition coefficient (Wildman–Crippen LogP) is 6.56. The fraction of sp³-hybridized carbons (Fsp3) is 0.367. The van der Waals surface area contributed by atoms with Crippen molar-refractivity contribution < 1.29 is 18.0 Å². The Morgan fingerprint density at radius 1 is 0.778 bits per heavy atom. The van der Waals surface area contributed by atoms with Crippen LogP contribution >= 0.6 is 0 Å². The van der Waals surface area contributed by atoms with Crippen LogP contribution in [0.1, 0.15) is 49.4 Å². The summed E-state index contributed by atoms with van der Waals surface area (Å²) in [5, 5.41) is 0. The Balaban J connectivity index is 1.47. The molecule has 0 amide bonds. The second kappa shape index (κ2) is 11.7. The van der Waals surface area contributed by atoms with Crippen molar-refractivity contribution in [2.24, 2.45) is 5.92 Å². The van der Waals surface area contributed by atoms with Gasteiger partial charge in [-0.2, -0.15) is 0 Å².